The van der Waals surface area contributed by atoms with E-state index >= 15 is 0 Å². The largest absolute Gasteiger partial charge is 0.396 e. The van der Waals surface area contributed by atoms with Gasteiger partial charge in [-0.1, -0.05) is 47.7 Å². The van der Waals surface area contributed by atoms with E-state index in [2.05, 4.69) is 23.5 Å². The van der Waals surface area contributed by atoms with Crippen LogP contribution < -0.4 is 4.90 Å². The molecule has 1 aromatic heterocycles. The Morgan fingerprint density at radius 3 is 2.50 bits per heavy atom. The van der Waals surface area contributed by atoms with E-state index in [-0.39, 0.29) is 44.1 Å². The van der Waals surface area contributed by atoms with Gasteiger partial charge in [-0.05, 0) is 63.3 Å². The SMILES string of the molecule is C=CCN(Cn1nnc2ccccc21)C(=O)C1N(CCCCCO)C(=O)[C@@H]2[C@@H](C(=O)N(CC=C)c3ccccc3)[C@@]3(C)CCC12O3. The number of carbonyl (C=O) groups excluding carboxylic acids is 3. The van der Waals surface area contributed by atoms with Crippen LogP contribution in [0, 0.1) is 11.8 Å². The van der Waals surface area contributed by atoms with Crippen LogP contribution in [0.3, 0.4) is 0 Å². The number of anilines is 1. The first-order valence-electron chi connectivity index (χ1n) is 16.1. The molecule has 3 aliphatic rings. The van der Waals surface area contributed by atoms with E-state index in [1.54, 1.807) is 31.5 Å². The van der Waals surface area contributed by atoms with E-state index in [1.165, 1.54) is 0 Å². The van der Waals surface area contributed by atoms with Crippen LogP contribution in [-0.2, 0) is 25.8 Å². The molecule has 3 saturated heterocycles. The van der Waals surface area contributed by atoms with E-state index in [1.807, 2.05) is 61.5 Å². The molecular formula is C35H42N6O5. The highest BCUT2D eigenvalue weighted by molar-refractivity contribution is 6.03. The molecular weight excluding hydrogens is 584 g/mol. The first-order chi connectivity index (χ1) is 22.3. The molecule has 0 aliphatic carbocycles. The van der Waals surface area contributed by atoms with Crippen LogP contribution in [0.5, 0.6) is 0 Å². The van der Waals surface area contributed by atoms with Crippen LogP contribution in [-0.4, -0.2) is 91.1 Å². The van der Waals surface area contributed by atoms with Crippen molar-refractivity contribution in [2.45, 2.75) is 62.9 Å². The first-order valence-corrected chi connectivity index (χ1v) is 16.1. The number of hydrogen-bond donors (Lipinski definition) is 1. The van der Waals surface area contributed by atoms with Gasteiger partial charge in [0, 0.05) is 31.9 Å². The Balaban J connectivity index is 1.38. The number of fused-ring (bicyclic) bond motifs is 2. The minimum absolute atomic E-state index is 0.0541. The molecule has 3 fully saturated rings. The standard InChI is InChI=1S/C35H42N6O5/c1-4-20-38(24-41-27-17-11-10-16-26(27)36-37-41)33(45)30-35-19-18-34(3,46-35)28(29(35)32(44)40(30)22-12-7-13-23-42)31(43)39(21-5-2)25-14-8-6-9-15-25/h4-6,8-11,14-17,28-30,42H,1-2,7,12-13,18-24H2,3H3/t28-,29-,30?,34+,35?/m0/s1. The van der Waals surface area contributed by atoms with Crippen LogP contribution in [0.1, 0.15) is 39.0 Å². The Labute approximate surface area is 269 Å². The summed E-state index contributed by atoms with van der Waals surface area (Å²) in [4.78, 5) is 48.9. The number of ether oxygens (including phenoxy) is 1. The van der Waals surface area contributed by atoms with Crippen LogP contribution in [0.25, 0.3) is 11.0 Å². The predicted octanol–water partition coefficient (Wildman–Crippen LogP) is 3.55. The minimum Gasteiger partial charge on any atom is -0.396 e. The second kappa shape index (κ2) is 12.8. The maximum atomic E-state index is 14.8. The molecule has 6 rings (SSSR count). The summed E-state index contributed by atoms with van der Waals surface area (Å²) < 4.78 is 8.55. The highest BCUT2D eigenvalue weighted by atomic mass is 16.5. The van der Waals surface area contributed by atoms with Crippen LogP contribution in [0.4, 0.5) is 5.69 Å². The number of carbonyl (C=O) groups is 3. The van der Waals surface area contributed by atoms with Crippen molar-refractivity contribution < 1.29 is 24.2 Å². The maximum Gasteiger partial charge on any atom is 0.250 e. The fraction of sp³-hybridized carbons (Fsp3) is 0.457. The normalized spacial score (nSPS) is 26.3. The zero-order valence-electron chi connectivity index (χ0n) is 26.3. The molecule has 0 radical (unpaired) electrons. The first kappa shape index (κ1) is 31.6. The summed E-state index contributed by atoms with van der Waals surface area (Å²) in [6.07, 6.45) is 6.26. The van der Waals surface area contributed by atoms with E-state index in [0.29, 0.717) is 49.9 Å². The van der Waals surface area contributed by atoms with E-state index in [0.717, 1.165) is 5.52 Å². The number of rotatable bonds is 14. The Morgan fingerprint density at radius 2 is 1.76 bits per heavy atom. The molecule has 11 nitrogen and oxygen atoms in total. The summed E-state index contributed by atoms with van der Waals surface area (Å²) in [6.45, 7) is 10.6. The zero-order chi connectivity index (χ0) is 32.5. The quantitative estimate of drug-likeness (QED) is 0.215. The molecule has 1 N–H and O–H groups in total. The Morgan fingerprint density at radius 1 is 1.02 bits per heavy atom. The van der Waals surface area contributed by atoms with Crippen molar-refractivity contribution in [3.63, 3.8) is 0 Å². The number of unbranched alkanes of at least 4 members (excludes halogenated alkanes) is 2. The van der Waals surface area contributed by atoms with Gasteiger partial charge in [0.05, 0.1) is 23.0 Å². The van der Waals surface area contributed by atoms with Crippen molar-refractivity contribution >= 4 is 34.4 Å². The van der Waals surface area contributed by atoms with Gasteiger partial charge < -0.3 is 24.5 Å². The molecule has 11 heteroatoms. The zero-order valence-corrected chi connectivity index (χ0v) is 26.3. The summed E-state index contributed by atoms with van der Waals surface area (Å²) in [5, 5.41) is 17.9. The third-order valence-corrected chi connectivity index (χ3v) is 9.87. The Kier molecular flexibility index (Phi) is 8.80. The number of nitrogens with zero attached hydrogens (tertiary/aromatic N) is 6. The van der Waals surface area contributed by atoms with Crippen molar-refractivity contribution in [1.82, 2.24) is 24.8 Å². The second-order valence-electron chi connectivity index (χ2n) is 12.7. The molecule has 242 valence electrons. The number of aliphatic hydroxyl groups is 1. The van der Waals surface area contributed by atoms with Crippen LogP contribution in [0.15, 0.2) is 79.9 Å². The van der Waals surface area contributed by atoms with Gasteiger partial charge in [0.15, 0.2) is 0 Å². The molecule has 0 saturated carbocycles. The lowest BCUT2D eigenvalue weighted by atomic mass is 9.66. The number of aliphatic hydroxyl groups excluding tert-OH is 1. The highest BCUT2D eigenvalue weighted by Crippen LogP contribution is 2.63. The molecule has 3 aromatic rings. The van der Waals surface area contributed by atoms with Crippen LogP contribution in [0.2, 0.25) is 0 Å². The van der Waals surface area contributed by atoms with Gasteiger partial charge in [-0.3, -0.25) is 14.4 Å². The maximum absolute atomic E-state index is 14.8. The van der Waals surface area contributed by atoms with Gasteiger partial charge in [0.25, 0.3) is 0 Å². The van der Waals surface area contributed by atoms with E-state index in [4.69, 9.17) is 4.74 Å². The summed E-state index contributed by atoms with van der Waals surface area (Å²) in [7, 11) is 0. The Bertz CT molecular complexity index is 1630. The third-order valence-electron chi connectivity index (χ3n) is 9.87. The lowest BCUT2D eigenvalue weighted by Gasteiger charge is -2.37. The average molecular weight is 627 g/mol. The summed E-state index contributed by atoms with van der Waals surface area (Å²) in [5.41, 5.74) is 0.120. The molecule has 2 bridgehead atoms. The molecule has 46 heavy (non-hydrogen) atoms. The highest BCUT2D eigenvalue weighted by Gasteiger charge is 2.78. The van der Waals surface area contributed by atoms with Crippen molar-refractivity contribution in [2.24, 2.45) is 11.8 Å². The monoisotopic (exact) mass is 626 g/mol. The summed E-state index contributed by atoms with van der Waals surface area (Å²) in [6, 6.07) is 16.0. The number of likely N-dealkylation sites (tertiary alicyclic amines) is 1. The lowest BCUT2D eigenvalue weighted by Crippen LogP contribution is -2.56. The van der Waals surface area contributed by atoms with Gasteiger partial charge in [0.2, 0.25) is 17.7 Å². The van der Waals surface area contributed by atoms with Crippen molar-refractivity contribution in [1.29, 1.82) is 0 Å². The summed E-state index contributed by atoms with van der Waals surface area (Å²) in [5.74, 6) is -2.32. The van der Waals surface area contributed by atoms with E-state index in [9.17, 15) is 19.5 Å². The van der Waals surface area contributed by atoms with Crippen molar-refractivity contribution in [3.8, 4) is 0 Å². The smallest absolute Gasteiger partial charge is 0.250 e. The summed E-state index contributed by atoms with van der Waals surface area (Å²) >= 11 is 0. The molecule has 2 aromatic carbocycles. The number of para-hydroxylation sites is 2. The fourth-order valence-corrected chi connectivity index (χ4v) is 7.85. The van der Waals surface area contributed by atoms with E-state index < -0.39 is 29.1 Å². The van der Waals surface area contributed by atoms with Crippen LogP contribution >= 0.6 is 0 Å². The van der Waals surface area contributed by atoms with Gasteiger partial charge in [-0.15, -0.1) is 18.3 Å². The predicted molar refractivity (Wildman–Crippen MR) is 173 cm³/mol. The molecule has 1 spiro atoms. The van der Waals surface area contributed by atoms with Gasteiger partial charge in [-0.2, -0.15) is 0 Å². The molecule has 2 unspecified atom stereocenters. The van der Waals surface area contributed by atoms with Crippen molar-refractivity contribution in [2.75, 3.05) is 31.1 Å². The average Bonchev–Trinajstić information content (AvgIpc) is 3.77. The lowest BCUT2D eigenvalue weighted by molar-refractivity contribution is -0.152. The topological polar surface area (TPSA) is 121 Å². The van der Waals surface area contributed by atoms with Crippen molar-refractivity contribution in [3.05, 3.63) is 79.9 Å². The number of hydrogen-bond acceptors (Lipinski definition) is 7. The molecule has 5 atom stereocenters. The Hall–Kier alpha value is -4.35. The number of amides is 3. The van der Waals surface area contributed by atoms with Gasteiger partial charge in [0.1, 0.15) is 23.8 Å². The minimum atomic E-state index is -1.17. The molecule has 3 aliphatic heterocycles. The molecule has 3 amide bonds. The van der Waals surface area contributed by atoms with Gasteiger partial charge >= 0.3 is 0 Å². The fourth-order valence-electron chi connectivity index (χ4n) is 7.85. The third kappa shape index (κ3) is 5.21. The molecule has 4 heterocycles. The second-order valence-corrected chi connectivity index (χ2v) is 12.7. The number of benzene rings is 2. The number of aromatic nitrogens is 3. The van der Waals surface area contributed by atoms with Gasteiger partial charge in [-0.25, -0.2) is 4.68 Å².